The summed E-state index contributed by atoms with van der Waals surface area (Å²) in [5, 5.41) is 0. The molecule has 0 amide bonds. The number of hydrogen-bond donors (Lipinski definition) is 2. The van der Waals surface area contributed by atoms with Crippen LogP contribution in [0.5, 0.6) is 0 Å². The molecule has 0 bridgehead atoms. The molecule has 1 aliphatic heterocycles. The number of Topliss-reactive ketones (excluding diaryl/α,β-unsaturated/α-hetero) is 1. The van der Waals surface area contributed by atoms with Crippen LogP contribution in [0.1, 0.15) is 88.2 Å². The van der Waals surface area contributed by atoms with Gasteiger partial charge in [-0.25, -0.2) is 8.78 Å². The molecule has 0 spiro atoms. The van der Waals surface area contributed by atoms with Crippen LogP contribution >= 0.6 is 0 Å². The summed E-state index contributed by atoms with van der Waals surface area (Å²) in [5.74, 6) is 0.282. The molecular weight excluding hydrogens is 584 g/mol. The summed E-state index contributed by atoms with van der Waals surface area (Å²) in [6.45, 7) is 19.9. The lowest BCUT2D eigenvalue weighted by atomic mass is 9.90. The molecule has 2 aromatic carbocycles. The Hall–Kier alpha value is -2.40. The van der Waals surface area contributed by atoms with Crippen molar-refractivity contribution in [2.45, 2.75) is 97.7 Å². The van der Waals surface area contributed by atoms with Crippen LogP contribution in [0.4, 0.5) is 14.5 Å². The number of carbonyl (C=O) groups excluding carboxylic acids is 1. The summed E-state index contributed by atoms with van der Waals surface area (Å²) in [6, 6.07) is 9.46. The first-order chi connectivity index (χ1) is 20.6. The monoisotopic (exact) mass is 637 g/mol. The van der Waals surface area contributed by atoms with E-state index in [0.29, 0.717) is 23.8 Å². The molecule has 248 valence electrons. The highest BCUT2D eigenvalue weighted by molar-refractivity contribution is 7.85. The molecule has 2 saturated carbocycles. The zero-order valence-electron chi connectivity index (χ0n) is 27.6. The van der Waals surface area contributed by atoms with E-state index in [1.165, 1.54) is 51.0 Å². The third-order valence-electron chi connectivity index (χ3n) is 8.95. The molecule has 3 N–H and O–H groups in total. The van der Waals surface area contributed by atoms with Gasteiger partial charge in [0.05, 0.1) is 10.5 Å². The summed E-state index contributed by atoms with van der Waals surface area (Å²) in [7, 11) is -4.02. The van der Waals surface area contributed by atoms with Crippen molar-refractivity contribution in [1.82, 2.24) is 4.90 Å². The van der Waals surface area contributed by atoms with E-state index in [4.69, 9.17) is 10.3 Å². The van der Waals surface area contributed by atoms with Crippen molar-refractivity contribution in [3.8, 4) is 0 Å². The highest BCUT2D eigenvalue weighted by atomic mass is 32.2. The van der Waals surface area contributed by atoms with E-state index < -0.39 is 16.3 Å². The number of hydrogen-bond acceptors (Lipinski definition) is 6. The van der Waals surface area contributed by atoms with Gasteiger partial charge in [0.1, 0.15) is 12.0 Å². The molecule has 2 aromatic rings. The molecule has 3 atom stereocenters. The van der Waals surface area contributed by atoms with Gasteiger partial charge < -0.3 is 15.5 Å². The molecule has 1 saturated heterocycles. The fourth-order valence-corrected chi connectivity index (χ4v) is 5.62. The standard InChI is InChI=1S/C18H24FNO.C7H8O3S.C6H15N.C3H6FN/c1-4-16(21)14-5-6-15(12(2)17(14)19)20-10-7-13(11-20)18(3)8-9-18;1-6-2-4-7(5-3-6)11(8,9)10;1-4-7(5-2)6-3;4-2-1-3(2)5/h5-6,13H,4,7-11H2,1-3H3;2-5H,1H3,(H,8,9,10);4-6H2,1-3H3;2-3H,1,5H2/t13-;;;2-,3+/m1..0/s1. The Balaban J connectivity index is 0.000000244. The smallest absolute Gasteiger partial charge is 0.294 e. The number of aryl methyl sites for hydroxylation is 1. The second kappa shape index (κ2) is 16.8. The fourth-order valence-electron chi connectivity index (χ4n) is 5.14. The lowest BCUT2D eigenvalue weighted by Crippen LogP contribution is -2.23. The highest BCUT2D eigenvalue weighted by Crippen LogP contribution is 2.54. The summed E-state index contributed by atoms with van der Waals surface area (Å²) in [4.78, 5) is 16.4. The molecule has 1 heterocycles. The van der Waals surface area contributed by atoms with Gasteiger partial charge in [0.2, 0.25) is 0 Å². The first kappa shape index (κ1) is 37.8. The molecule has 0 radical (unpaired) electrons. The number of ketones is 1. The SMILES string of the molecule is CCC(=O)c1ccc(N2CC[C@@H](C3(C)CC3)C2)c(C)c1F.CCN(CC)CC.Cc1ccc(S(=O)(=O)O)cc1.N[C@@H]1C[C@@H]1F. The third kappa shape index (κ3) is 11.2. The Morgan fingerprint density at radius 2 is 1.57 bits per heavy atom. The van der Waals surface area contributed by atoms with Gasteiger partial charge in [0.15, 0.2) is 5.78 Å². The zero-order valence-corrected chi connectivity index (χ0v) is 28.4. The van der Waals surface area contributed by atoms with Crippen molar-refractivity contribution in [3.63, 3.8) is 0 Å². The minimum absolute atomic E-state index is 0.0666. The predicted octanol–water partition coefficient (Wildman–Crippen LogP) is 7.00. The number of rotatable bonds is 8. The minimum atomic E-state index is -4.02. The van der Waals surface area contributed by atoms with Crippen molar-refractivity contribution < 1.29 is 26.5 Å². The van der Waals surface area contributed by atoms with Crippen LogP contribution in [0, 0.1) is 31.0 Å². The van der Waals surface area contributed by atoms with Gasteiger partial charge in [-0.2, -0.15) is 8.42 Å². The van der Waals surface area contributed by atoms with E-state index in [0.717, 1.165) is 30.3 Å². The van der Waals surface area contributed by atoms with Crippen LogP contribution in [0.25, 0.3) is 0 Å². The molecule has 0 unspecified atom stereocenters. The van der Waals surface area contributed by atoms with E-state index in [1.807, 2.05) is 13.0 Å². The second-order valence-electron chi connectivity index (χ2n) is 12.3. The van der Waals surface area contributed by atoms with Crippen molar-refractivity contribution in [2.75, 3.05) is 37.6 Å². The van der Waals surface area contributed by atoms with Gasteiger partial charge in [-0.3, -0.25) is 9.35 Å². The Morgan fingerprint density at radius 1 is 1.05 bits per heavy atom. The van der Waals surface area contributed by atoms with Crippen LogP contribution in [-0.4, -0.2) is 68.6 Å². The van der Waals surface area contributed by atoms with E-state index in [2.05, 4.69) is 37.5 Å². The number of alkyl halides is 1. The number of carbonyl (C=O) groups is 1. The van der Waals surface area contributed by atoms with Gasteiger partial charge in [0.25, 0.3) is 10.1 Å². The quantitative estimate of drug-likeness (QED) is 0.237. The second-order valence-corrected chi connectivity index (χ2v) is 13.7. The first-order valence-electron chi connectivity index (χ1n) is 15.8. The van der Waals surface area contributed by atoms with Crippen LogP contribution in [0.15, 0.2) is 41.3 Å². The van der Waals surface area contributed by atoms with E-state index in [-0.39, 0.29) is 28.1 Å². The zero-order chi connectivity index (χ0) is 33.2. The molecule has 44 heavy (non-hydrogen) atoms. The Morgan fingerprint density at radius 3 is 1.95 bits per heavy atom. The molecule has 5 rings (SSSR count). The topological polar surface area (TPSA) is 104 Å². The van der Waals surface area contributed by atoms with Gasteiger partial charge in [-0.1, -0.05) is 52.3 Å². The van der Waals surface area contributed by atoms with E-state index in [9.17, 15) is 22.0 Å². The molecule has 0 aromatic heterocycles. The Labute approximate surface area is 263 Å². The fraction of sp³-hybridized carbons (Fsp3) is 0.618. The van der Waals surface area contributed by atoms with Crippen LogP contribution in [-0.2, 0) is 10.1 Å². The Kier molecular flexibility index (Phi) is 14.4. The largest absolute Gasteiger partial charge is 0.371 e. The van der Waals surface area contributed by atoms with Crippen molar-refractivity contribution >= 4 is 21.6 Å². The number of nitrogens with zero attached hydrogens (tertiary/aromatic N) is 2. The van der Waals surface area contributed by atoms with Crippen LogP contribution in [0.2, 0.25) is 0 Å². The van der Waals surface area contributed by atoms with Crippen molar-refractivity contribution in [2.24, 2.45) is 17.1 Å². The molecule has 7 nitrogen and oxygen atoms in total. The van der Waals surface area contributed by atoms with Crippen molar-refractivity contribution in [3.05, 3.63) is 58.9 Å². The summed E-state index contributed by atoms with van der Waals surface area (Å²) >= 11 is 0. The highest BCUT2D eigenvalue weighted by Gasteiger charge is 2.47. The molecule has 2 aliphatic carbocycles. The summed E-state index contributed by atoms with van der Waals surface area (Å²) in [5.41, 5.74) is 8.30. The predicted molar refractivity (Wildman–Crippen MR) is 175 cm³/mol. The summed E-state index contributed by atoms with van der Waals surface area (Å²) < 4.78 is 55.4. The van der Waals surface area contributed by atoms with Crippen LogP contribution in [0.3, 0.4) is 0 Å². The summed E-state index contributed by atoms with van der Waals surface area (Å²) in [6.07, 6.45) is 4.13. The molecule has 3 aliphatic rings. The average molecular weight is 638 g/mol. The Bertz CT molecular complexity index is 1300. The van der Waals surface area contributed by atoms with Crippen molar-refractivity contribution in [1.29, 1.82) is 0 Å². The minimum Gasteiger partial charge on any atom is -0.371 e. The van der Waals surface area contributed by atoms with E-state index >= 15 is 0 Å². The maximum Gasteiger partial charge on any atom is 0.294 e. The average Bonchev–Trinajstić information content (AvgIpc) is 3.82. The maximum absolute atomic E-state index is 14.4. The number of nitrogens with two attached hydrogens (primary N) is 1. The first-order valence-corrected chi connectivity index (χ1v) is 17.3. The van der Waals surface area contributed by atoms with Gasteiger partial charge in [0, 0.05) is 36.8 Å². The van der Waals surface area contributed by atoms with E-state index in [1.54, 1.807) is 32.0 Å². The number of anilines is 1. The lowest BCUT2D eigenvalue weighted by Gasteiger charge is -2.23. The third-order valence-corrected chi connectivity index (χ3v) is 9.82. The molecule has 3 fully saturated rings. The van der Waals surface area contributed by atoms with Gasteiger partial charge >= 0.3 is 0 Å². The molecule has 10 heteroatoms. The number of halogens is 2. The van der Waals surface area contributed by atoms with Crippen LogP contribution < -0.4 is 10.6 Å². The van der Waals surface area contributed by atoms with Gasteiger partial charge in [-0.05, 0) is 94.8 Å². The maximum atomic E-state index is 14.4. The van der Waals surface area contributed by atoms with Gasteiger partial charge in [-0.15, -0.1) is 0 Å². The lowest BCUT2D eigenvalue weighted by molar-refractivity contribution is 0.0984. The number of benzene rings is 2. The normalized spacial score (nSPS) is 21.3. The molecular formula is C34H53F2N3O4S.